The van der Waals surface area contributed by atoms with E-state index in [1.54, 1.807) is 67.8 Å². The summed E-state index contributed by atoms with van der Waals surface area (Å²) < 4.78 is 10.5. The van der Waals surface area contributed by atoms with Crippen molar-refractivity contribution >= 4 is 29.1 Å². The Morgan fingerprint density at radius 1 is 1.03 bits per heavy atom. The van der Waals surface area contributed by atoms with Crippen LogP contribution >= 0.6 is 0 Å². The lowest BCUT2D eigenvalue weighted by molar-refractivity contribution is -0.142. The van der Waals surface area contributed by atoms with Crippen LogP contribution in [0.3, 0.4) is 0 Å². The number of ether oxygens (including phenoxy) is 2. The molecule has 0 bridgehead atoms. The zero-order chi connectivity index (χ0) is 28.3. The normalized spacial score (nSPS) is 16.8. The Kier molecular flexibility index (Phi) is 7.85. The summed E-state index contributed by atoms with van der Waals surface area (Å²) in [6.45, 7) is 8.16. The third kappa shape index (κ3) is 5.55. The van der Waals surface area contributed by atoms with Crippen molar-refractivity contribution in [1.82, 2.24) is 4.98 Å². The van der Waals surface area contributed by atoms with Gasteiger partial charge in [0.1, 0.15) is 11.5 Å². The van der Waals surface area contributed by atoms with Crippen LogP contribution in [0.15, 0.2) is 72.6 Å². The Balaban J connectivity index is 1.86. The number of aliphatic hydroxyl groups is 1. The number of pyridine rings is 1. The number of aliphatic hydroxyl groups excluding tert-OH is 1. The molecule has 39 heavy (non-hydrogen) atoms. The van der Waals surface area contributed by atoms with E-state index in [1.165, 1.54) is 12.0 Å². The summed E-state index contributed by atoms with van der Waals surface area (Å²) in [6, 6.07) is 14.7. The highest BCUT2D eigenvalue weighted by atomic mass is 16.5. The number of hydrogen-bond acceptors (Lipinski definition) is 7. The monoisotopic (exact) mass is 528 g/mol. The molecule has 1 aliphatic rings. The summed E-state index contributed by atoms with van der Waals surface area (Å²) >= 11 is 0. The standard InChI is InChI=1S/C31H32N2O6/c1-6-39-25(34)17-19-7-10-22(11-8-19)33-27(20-13-15-32-16-14-20)26(29(36)30(33)37)28(35)23-18-21(31(2,3)4)9-12-24(23)38-5/h7-16,18,27,35H,6,17H2,1-5H3/b28-26+. The van der Waals surface area contributed by atoms with Crippen LogP contribution in [0.25, 0.3) is 5.76 Å². The van der Waals surface area contributed by atoms with E-state index in [2.05, 4.69) is 4.98 Å². The highest BCUT2D eigenvalue weighted by Crippen LogP contribution is 2.43. The first-order chi connectivity index (χ1) is 18.6. The van der Waals surface area contributed by atoms with Crippen LogP contribution in [0, 0.1) is 0 Å². The van der Waals surface area contributed by atoms with Gasteiger partial charge in [-0.3, -0.25) is 24.3 Å². The molecule has 202 valence electrons. The van der Waals surface area contributed by atoms with Crippen molar-refractivity contribution in [3.8, 4) is 5.75 Å². The smallest absolute Gasteiger partial charge is 0.310 e. The molecule has 2 heterocycles. The fraction of sp³-hybridized carbons (Fsp3) is 0.290. The van der Waals surface area contributed by atoms with E-state index in [9.17, 15) is 19.5 Å². The Bertz CT molecular complexity index is 1420. The Morgan fingerprint density at radius 3 is 2.28 bits per heavy atom. The Labute approximate surface area is 227 Å². The molecule has 0 saturated carbocycles. The van der Waals surface area contributed by atoms with Gasteiger partial charge in [0, 0.05) is 18.1 Å². The lowest BCUT2D eigenvalue weighted by Gasteiger charge is -2.26. The number of carbonyl (C=O) groups is 3. The summed E-state index contributed by atoms with van der Waals surface area (Å²) in [5.74, 6) is -1.88. The fourth-order valence-corrected chi connectivity index (χ4v) is 4.62. The van der Waals surface area contributed by atoms with Gasteiger partial charge in [-0.1, -0.05) is 39.0 Å². The van der Waals surface area contributed by atoms with Crippen molar-refractivity contribution < 1.29 is 29.0 Å². The Morgan fingerprint density at radius 2 is 1.69 bits per heavy atom. The SMILES string of the molecule is CCOC(=O)Cc1ccc(N2C(=O)C(=O)/C(=C(/O)c3cc(C(C)(C)C)ccc3OC)C2c2ccncc2)cc1. The molecule has 2 aromatic carbocycles. The van der Waals surface area contributed by atoms with Gasteiger partial charge in [-0.25, -0.2) is 0 Å². The lowest BCUT2D eigenvalue weighted by atomic mass is 9.85. The predicted octanol–water partition coefficient (Wildman–Crippen LogP) is 5.12. The minimum absolute atomic E-state index is 0.0499. The molecule has 3 aromatic rings. The van der Waals surface area contributed by atoms with Crippen LogP contribution in [-0.4, -0.2) is 41.5 Å². The summed E-state index contributed by atoms with van der Waals surface area (Å²) in [5.41, 5.74) is 2.73. The van der Waals surface area contributed by atoms with Crippen molar-refractivity contribution in [1.29, 1.82) is 0 Å². The van der Waals surface area contributed by atoms with E-state index in [1.807, 2.05) is 26.8 Å². The second kappa shape index (κ2) is 11.1. The molecule has 1 N–H and O–H groups in total. The minimum atomic E-state index is -0.910. The highest BCUT2D eigenvalue weighted by Gasteiger charge is 2.47. The van der Waals surface area contributed by atoms with Gasteiger partial charge in [-0.2, -0.15) is 0 Å². The summed E-state index contributed by atoms with van der Waals surface area (Å²) in [7, 11) is 1.49. The van der Waals surface area contributed by atoms with E-state index >= 15 is 0 Å². The van der Waals surface area contributed by atoms with Crippen LogP contribution in [0.2, 0.25) is 0 Å². The van der Waals surface area contributed by atoms with Crippen LogP contribution in [0.4, 0.5) is 5.69 Å². The number of aromatic nitrogens is 1. The van der Waals surface area contributed by atoms with Crippen LogP contribution in [0.5, 0.6) is 5.75 Å². The maximum atomic E-state index is 13.5. The maximum absolute atomic E-state index is 13.5. The molecule has 1 atom stereocenters. The summed E-state index contributed by atoms with van der Waals surface area (Å²) in [4.78, 5) is 44.3. The van der Waals surface area contributed by atoms with Crippen molar-refractivity contribution in [2.24, 2.45) is 0 Å². The number of esters is 1. The fourth-order valence-electron chi connectivity index (χ4n) is 4.62. The molecule has 1 unspecified atom stereocenters. The van der Waals surface area contributed by atoms with Crippen LogP contribution in [0.1, 0.15) is 56.0 Å². The number of methoxy groups -OCH3 is 1. The van der Waals surface area contributed by atoms with Gasteiger partial charge in [-0.05, 0) is 65.4 Å². The largest absolute Gasteiger partial charge is 0.507 e. The highest BCUT2D eigenvalue weighted by molar-refractivity contribution is 6.51. The first-order valence-corrected chi connectivity index (χ1v) is 12.7. The zero-order valence-corrected chi connectivity index (χ0v) is 22.7. The van der Waals surface area contributed by atoms with Crippen molar-refractivity contribution in [2.75, 3.05) is 18.6 Å². The molecule has 1 aliphatic heterocycles. The molecule has 1 aromatic heterocycles. The molecular formula is C31H32N2O6. The van der Waals surface area contributed by atoms with Crippen molar-refractivity contribution in [2.45, 2.75) is 45.6 Å². The number of rotatable bonds is 7. The Hall–Kier alpha value is -4.46. The summed E-state index contributed by atoms with van der Waals surface area (Å²) in [5, 5.41) is 11.6. The molecule has 8 heteroatoms. The van der Waals surface area contributed by atoms with E-state index < -0.39 is 17.7 Å². The van der Waals surface area contributed by atoms with Gasteiger partial charge in [0.05, 0.1) is 37.3 Å². The molecule has 4 rings (SSSR count). The lowest BCUT2D eigenvalue weighted by Crippen LogP contribution is -2.29. The van der Waals surface area contributed by atoms with Crippen LogP contribution in [-0.2, 0) is 31.0 Å². The number of amides is 1. The second-order valence-corrected chi connectivity index (χ2v) is 10.3. The molecule has 1 fully saturated rings. The van der Waals surface area contributed by atoms with E-state index in [0.29, 0.717) is 28.1 Å². The number of carbonyl (C=O) groups excluding carboxylic acids is 3. The number of Topliss-reactive ketones (excluding diaryl/α,β-unsaturated/α-hetero) is 1. The maximum Gasteiger partial charge on any atom is 0.310 e. The zero-order valence-electron chi connectivity index (χ0n) is 22.7. The third-order valence-electron chi connectivity index (χ3n) is 6.66. The van der Waals surface area contributed by atoms with Crippen molar-refractivity contribution in [3.05, 3.63) is 94.8 Å². The average Bonchev–Trinajstić information content (AvgIpc) is 3.18. The van der Waals surface area contributed by atoms with Gasteiger partial charge >= 0.3 is 5.97 Å². The summed E-state index contributed by atoms with van der Waals surface area (Å²) in [6.07, 6.45) is 3.22. The number of anilines is 1. The van der Waals surface area contributed by atoms with E-state index in [0.717, 1.165) is 5.56 Å². The van der Waals surface area contributed by atoms with Crippen molar-refractivity contribution in [3.63, 3.8) is 0 Å². The topological polar surface area (TPSA) is 106 Å². The molecule has 1 saturated heterocycles. The predicted molar refractivity (Wildman–Crippen MR) is 147 cm³/mol. The van der Waals surface area contributed by atoms with E-state index in [-0.39, 0.29) is 35.7 Å². The molecule has 8 nitrogen and oxygen atoms in total. The molecule has 0 aliphatic carbocycles. The molecular weight excluding hydrogens is 496 g/mol. The molecule has 1 amide bonds. The van der Waals surface area contributed by atoms with Crippen LogP contribution < -0.4 is 9.64 Å². The van der Waals surface area contributed by atoms with Gasteiger partial charge in [0.2, 0.25) is 0 Å². The average molecular weight is 529 g/mol. The van der Waals surface area contributed by atoms with E-state index in [4.69, 9.17) is 9.47 Å². The molecule has 0 radical (unpaired) electrons. The third-order valence-corrected chi connectivity index (χ3v) is 6.66. The number of hydrogen-bond donors (Lipinski definition) is 1. The minimum Gasteiger partial charge on any atom is -0.507 e. The van der Waals surface area contributed by atoms with Gasteiger partial charge in [-0.15, -0.1) is 0 Å². The first kappa shape index (κ1) is 27.6. The first-order valence-electron chi connectivity index (χ1n) is 12.7. The quantitative estimate of drug-likeness (QED) is 0.196. The van der Waals surface area contributed by atoms with Gasteiger partial charge in [0.15, 0.2) is 0 Å². The van der Waals surface area contributed by atoms with Gasteiger partial charge < -0.3 is 14.6 Å². The molecule has 0 spiro atoms. The van der Waals surface area contributed by atoms with Gasteiger partial charge in [0.25, 0.3) is 11.7 Å². The number of ketones is 1. The number of benzene rings is 2. The second-order valence-electron chi connectivity index (χ2n) is 10.3. The number of nitrogens with zero attached hydrogens (tertiary/aromatic N) is 2.